The second-order valence-corrected chi connectivity index (χ2v) is 5.43. The summed E-state index contributed by atoms with van der Waals surface area (Å²) in [4.78, 5) is 12.2. The molecule has 0 radical (unpaired) electrons. The molecule has 1 unspecified atom stereocenters. The summed E-state index contributed by atoms with van der Waals surface area (Å²) in [6, 6.07) is -0.523. The lowest BCUT2D eigenvalue weighted by molar-refractivity contribution is -0.117. The number of terminal acetylenes is 1. The normalized spacial score (nSPS) is 16.1. The molecule has 5 heteroatoms. The van der Waals surface area contributed by atoms with E-state index in [2.05, 4.69) is 16.2 Å². The van der Waals surface area contributed by atoms with Crippen LogP contribution in [0.4, 0.5) is 0 Å². The predicted molar refractivity (Wildman–Crippen MR) is 81.3 cm³/mol. The summed E-state index contributed by atoms with van der Waals surface area (Å²) in [7, 11) is 0. The second-order valence-electron chi connectivity index (χ2n) is 5.43. The summed E-state index contributed by atoms with van der Waals surface area (Å²) in [5, 5.41) is 8.10. The number of hydrogen-bond donors (Lipinski definition) is 1. The van der Waals surface area contributed by atoms with Gasteiger partial charge in [-0.15, -0.1) is 17.4 Å². The molecule has 1 heterocycles. The SMILES string of the molecule is C#CCCCn1cc(CC(N)C(=O)C2=CCCCC2)nn1. The number of unbranched alkanes of at least 4 members (excludes halogenated alkanes) is 1. The van der Waals surface area contributed by atoms with Crippen LogP contribution in [-0.2, 0) is 17.8 Å². The standard InChI is InChI=1S/C16H22N4O/c1-2-3-7-10-20-12-14(18-19-20)11-15(17)16(21)13-8-5-4-6-9-13/h1,8,12,15H,3-7,9-11,17H2. The van der Waals surface area contributed by atoms with Gasteiger partial charge in [-0.1, -0.05) is 11.3 Å². The van der Waals surface area contributed by atoms with Crippen LogP contribution < -0.4 is 5.73 Å². The lowest BCUT2D eigenvalue weighted by Gasteiger charge is -2.15. The number of allylic oxidation sites excluding steroid dienone is 1. The van der Waals surface area contributed by atoms with E-state index in [0.717, 1.165) is 56.3 Å². The minimum atomic E-state index is -0.523. The van der Waals surface area contributed by atoms with Gasteiger partial charge in [-0.2, -0.15) is 0 Å². The van der Waals surface area contributed by atoms with E-state index in [1.807, 2.05) is 12.3 Å². The Bertz CT molecular complexity index is 553. The lowest BCUT2D eigenvalue weighted by atomic mass is 9.92. The molecular weight excluding hydrogens is 264 g/mol. The zero-order valence-corrected chi connectivity index (χ0v) is 12.3. The first kappa shape index (κ1) is 15.5. The van der Waals surface area contributed by atoms with Crippen molar-refractivity contribution in [1.82, 2.24) is 15.0 Å². The van der Waals surface area contributed by atoms with E-state index in [9.17, 15) is 4.79 Å². The van der Waals surface area contributed by atoms with Gasteiger partial charge in [0, 0.05) is 25.6 Å². The summed E-state index contributed by atoms with van der Waals surface area (Å²) in [6.07, 6.45) is 15.2. The third kappa shape index (κ3) is 4.54. The third-order valence-electron chi connectivity index (χ3n) is 3.67. The number of ketones is 1. The monoisotopic (exact) mass is 286 g/mol. The van der Waals surface area contributed by atoms with Crippen molar-refractivity contribution in [2.75, 3.05) is 0 Å². The molecule has 0 aliphatic heterocycles. The van der Waals surface area contributed by atoms with E-state index in [0.29, 0.717) is 6.42 Å². The number of carbonyl (C=O) groups excluding carboxylic acids is 1. The molecule has 0 saturated heterocycles. The maximum Gasteiger partial charge on any atom is 0.175 e. The number of aryl methyl sites for hydroxylation is 1. The van der Waals surface area contributed by atoms with Gasteiger partial charge in [0.05, 0.1) is 11.7 Å². The van der Waals surface area contributed by atoms with Gasteiger partial charge in [-0.25, -0.2) is 0 Å². The maximum absolute atomic E-state index is 12.2. The Kier molecular flexibility index (Phi) is 5.70. The molecule has 0 amide bonds. The first-order valence-electron chi connectivity index (χ1n) is 7.52. The van der Waals surface area contributed by atoms with Gasteiger partial charge in [0.2, 0.25) is 0 Å². The molecule has 21 heavy (non-hydrogen) atoms. The van der Waals surface area contributed by atoms with Crippen LogP contribution in [0.25, 0.3) is 0 Å². The summed E-state index contributed by atoms with van der Waals surface area (Å²) >= 11 is 0. The molecule has 1 aromatic heterocycles. The number of hydrogen-bond acceptors (Lipinski definition) is 4. The van der Waals surface area contributed by atoms with Crippen molar-refractivity contribution in [2.24, 2.45) is 5.73 Å². The Balaban J connectivity index is 1.87. The molecule has 1 aliphatic carbocycles. The van der Waals surface area contributed by atoms with E-state index >= 15 is 0 Å². The Morgan fingerprint density at radius 2 is 2.38 bits per heavy atom. The predicted octanol–water partition coefficient (Wildman–Crippen LogP) is 1.63. The minimum absolute atomic E-state index is 0.0524. The summed E-state index contributed by atoms with van der Waals surface area (Å²) in [6.45, 7) is 0.742. The number of carbonyl (C=O) groups is 1. The van der Waals surface area contributed by atoms with Gasteiger partial charge < -0.3 is 5.73 Å². The molecule has 2 rings (SSSR count). The van der Waals surface area contributed by atoms with Crippen LogP contribution in [0.3, 0.4) is 0 Å². The molecular formula is C16H22N4O. The maximum atomic E-state index is 12.2. The quantitative estimate of drug-likeness (QED) is 0.610. The van der Waals surface area contributed by atoms with Crippen molar-refractivity contribution in [1.29, 1.82) is 0 Å². The molecule has 0 aromatic carbocycles. The van der Waals surface area contributed by atoms with Gasteiger partial charge >= 0.3 is 0 Å². The third-order valence-corrected chi connectivity index (χ3v) is 3.67. The van der Waals surface area contributed by atoms with Crippen LogP contribution in [0.15, 0.2) is 17.8 Å². The first-order valence-corrected chi connectivity index (χ1v) is 7.52. The Hall–Kier alpha value is -1.93. The highest BCUT2D eigenvalue weighted by atomic mass is 16.1. The first-order chi connectivity index (χ1) is 10.2. The Morgan fingerprint density at radius 1 is 1.52 bits per heavy atom. The van der Waals surface area contributed by atoms with Crippen molar-refractivity contribution in [3.8, 4) is 12.3 Å². The molecule has 5 nitrogen and oxygen atoms in total. The molecule has 2 N–H and O–H groups in total. The fourth-order valence-electron chi connectivity index (χ4n) is 2.50. The van der Waals surface area contributed by atoms with Crippen molar-refractivity contribution >= 4 is 5.78 Å². The van der Waals surface area contributed by atoms with Gasteiger partial charge in [0.25, 0.3) is 0 Å². The number of aromatic nitrogens is 3. The minimum Gasteiger partial charge on any atom is -0.321 e. The summed E-state index contributed by atoms with van der Waals surface area (Å²) < 4.78 is 1.75. The van der Waals surface area contributed by atoms with E-state index in [1.165, 1.54) is 0 Å². The number of nitrogens with two attached hydrogens (primary N) is 1. The van der Waals surface area contributed by atoms with Crippen molar-refractivity contribution < 1.29 is 4.79 Å². The van der Waals surface area contributed by atoms with Gasteiger partial charge in [0.1, 0.15) is 0 Å². The van der Waals surface area contributed by atoms with E-state index < -0.39 is 6.04 Å². The highest BCUT2D eigenvalue weighted by Crippen LogP contribution is 2.19. The molecule has 1 atom stereocenters. The molecule has 1 aromatic rings. The lowest BCUT2D eigenvalue weighted by Crippen LogP contribution is -2.34. The zero-order valence-electron chi connectivity index (χ0n) is 12.3. The van der Waals surface area contributed by atoms with Crippen LogP contribution in [0.2, 0.25) is 0 Å². The number of Topliss-reactive ketones (excluding diaryl/α,β-unsaturated/α-hetero) is 1. The average Bonchev–Trinajstić information content (AvgIpc) is 2.95. The van der Waals surface area contributed by atoms with Crippen LogP contribution in [0, 0.1) is 12.3 Å². The molecule has 0 bridgehead atoms. The van der Waals surface area contributed by atoms with Gasteiger partial charge in [-0.3, -0.25) is 9.48 Å². The highest BCUT2D eigenvalue weighted by Gasteiger charge is 2.20. The highest BCUT2D eigenvalue weighted by molar-refractivity contribution is 5.99. The fraction of sp³-hybridized carbons (Fsp3) is 0.562. The van der Waals surface area contributed by atoms with Crippen LogP contribution in [0.5, 0.6) is 0 Å². The van der Waals surface area contributed by atoms with Crippen LogP contribution >= 0.6 is 0 Å². The largest absolute Gasteiger partial charge is 0.321 e. The molecule has 112 valence electrons. The molecule has 1 aliphatic rings. The van der Waals surface area contributed by atoms with Gasteiger partial charge in [-0.05, 0) is 37.7 Å². The topological polar surface area (TPSA) is 73.8 Å². The molecule has 0 spiro atoms. The summed E-state index contributed by atoms with van der Waals surface area (Å²) in [5.74, 6) is 2.65. The Morgan fingerprint density at radius 3 is 3.10 bits per heavy atom. The van der Waals surface area contributed by atoms with E-state index in [1.54, 1.807) is 4.68 Å². The number of nitrogens with zero attached hydrogens (tertiary/aromatic N) is 3. The zero-order chi connectivity index (χ0) is 15.1. The van der Waals surface area contributed by atoms with Crippen molar-refractivity contribution in [2.45, 2.75) is 57.5 Å². The van der Waals surface area contributed by atoms with Crippen LogP contribution in [0.1, 0.15) is 44.2 Å². The van der Waals surface area contributed by atoms with E-state index in [-0.39, 0.29) is 5.78 Å². The molecule has 0 saturated carbocycles. The Labute approximate surface area is 125 Å². The molecule has 0 fully saturated rings. The van der Waals surface area contributed by atoms with Crippen molar-refractivity contribution in [3.05, 3.63) is 23.5 Å². The fourth-order valence-corrected chi connectivity index (χ4v) is 2.50. The summed E-state index contributed by atoms with van der Waals surface area (Å²) in [5.41, 5.74) is 7.66. The van der Waals surface area contributed by atoms with Crippen molar-refractivity contribution in [3.63, 3.8) is 0 Å². The smallest absolute Gasteiger partial charge is 0.175 e. The average molecular weight is 286 g/mol. The van der Waals surface area contributed by atoms with E-state index in [4.69, 9.17) is 12.2 Å². The van der Waals surface area contributed by atoms with Crippen LogP contribution in [-0.4, -0.2) is 26.8 Å². The number of rotatable bonds is 7. The van der Waals surface area contributed by atoms with Gasteiger partial charge in [0.15, 0.2) is 5.78 Å². The second kappa shape index (κ2) is 7.75.